The summed E-state index contributed by atoms with van der Waals surface area (Å²) in [6.07, 6.45) is 2.25. The third-order valence-corrected chi connectivity index (χ3v) is 6.51. The second-order valence-electron chi connectivity index (χ2n) is 8.69. The molecule has 2 aromatic rings. The number of hydrogen-bond acceptors (Lipinski definition) is 4. The molecule has 4 nitrogen and oxygen atoms in total. The molecule has 1 saturated heterocycles. The molecule has 2 heterocycles. The van der Waals surface area contributed by atoms with Gasteiger partial charge in [-0.1, -0.05) is 30.3 Å². The van der Waals surface area contributed by atoms with E-state index in [9.17, 15) is 13.2 Å². The fourth-order valence-electron chi connectivity index (χ4n) is 4.76. The molecular formula is C25H26F3NO3. The van der Waals surface area contributed by atoms with Gasteiger partial charge in [-0.3, -0.25) is 0 Å². The van der Waals surface area contributed by atoms with Gasteiger partial charge < -0.3 is 19.5 Å². The van der Waals surface area contributed by atoms with Gasteiger partial charge in [0.15, 0.2) is 0 Å². The molecule has 170 valence electrons. The van der Waals surface area contributed by atoms with E-state index in [0.717, 1.165) is 49.8 Å². The van der Waals surface area contributed by atoms with Crippen LogP contribution < -0.4 is 14.8 Å². The van der Waals surface area contributed by atoms with E-state index < -0.39 is 12.0 Å². The molecule has 5 rings (SSSR count). The summed E-state index contributed by atoms with van der Waals surface area (Å²) < 4.78 is 55.2. The molecule has 0 bridgehead atoms. The Balaban J connectivity index is 1.51. The Kier molecular flexibility index (Phi) is 5.63. The molecule has 0 aromatic heterocycles. The molecule has 2 fully saturated rings. The number of hydrogen-bond donors (Lipinski definition) is 1. The predicted molar refractivity (Wildman–Crippen MR) is 114 cm³/mol. The number of halogens is 3. The van der Waals surface area contributed by atoms with Gasteiger partial charge in [0.05, 0.1) is 18.8 Å². The molecule has 1 N–H and O–H groups in total. The van der Waals surface area contributed by atoms with Gasteiger partial charge >= 0.3 is 6.36 Å². The lowest BCUT2D eigenvalue weighted by Crippen LogP contribution is -2.47. The SMILES string of the molecule is FC(F)(F)Oc1ccc(OC2CCC2)c(C2=C[C@]3(CCCNC3c3ccccc3)OC2)c1. The van der Waals surface area contributed by atoms with Crippen LogP contribution in [0, 0.1) is 0 Å². The summed E-state index contributed by atoms with van der Waals surface area (Å²) in [4.78, 5) is 0. The molecular weight excluding hydrogens is 419 g/mol. The lowest BCUT2D eigenvalue weighted by molar-refractivity contribution is -0.274. The minimum absolute atomic E-state index is 0.0273. The van der Waals surface area contributed by atoms with Crippen LogP contribution >= 0.6 is 0 Å². The number of nitrogens with one attached hydrogen (secondary N) is 1. The first-order valence-corrected chi connectivity index (χ1v) is 11.1. The topological polar surface area (TPSA) is 39.7 Å². The van der Waals surface area contributed by atoms with Gasteiger partial charge in [0.2, 0.25) is 0 Å². The van der Waals surface area contributed by atoms with Crippen LogP contribution in [0.25, 0.3) is 5.57 Å². The standard InChI is InChI=1S/C25H26F3NO3/c26-25(27,28)32-20-10-11-22(31-19-8-4-9-19)21(14-20)18-15-24(30-16-18)12-5-13-29-23(24)17-6-2-1-3-7-17/h1-3,6-7,10-11,14-15,19,23,29H,4-5,8-9,12-13,16H2/t23?,24-/m0/s1. The van der Waals surface area contributed by atoms with Crippen molar-refractivity contribution < 1.29 is 27.4 Å². The molecule has 2 atom stereocenters. The lowest BCUT2D eigenvalue weighted by atomic mass is 9.81. The Morgan fingerprint density at radius 1 is 1.03 bits per heavy atom. The molecule has 32 heavy (non-hydrogen) atoms. The first-order chi connectivity index (χ1) is 15.4. The van der Waals surface area contributed by atoms with E-state index in [0.29, 0.717) is 17.9 Å². The van der Waals surface area contributed by atoms with Crippen LogP contribution in [0.4, 0.5) is 13.2 Å². The molecule has 1 spiro atoms. The van der Waals surface area contributed by atoms with Gasteiger partial charge in [0.1, 0.15) is 17.1 Å². The number of benzene rings is 2. The van der Waals surface area contributed by atoms with Crippen molar-refractivity contribution in [2.75, 3.05) is 13.2 Å². The predicted octanol–water partition coefficient (Wildman–Crippen LogP) is 5.79. The Hall–Kier alpha value is -2.51. The first kappa shape index (κ1) is 21.3. The number of ether oxygens (including phenoxy) is 3. The van der Waals surface area contributed by atoms with Gasteiger partial charge in [-0.15, -0.1) is 13.2 Å². The maximum Gasteiger partial charge on any atom is 0.573 e. The van der Waals surface area contributed by atoms with E-state index in [-0.39, 0.29) is 17.9 Å². The normalized spacial score (nSPS) is 26.0. The fourth-order valence-corrected chi connectivity index (χ4v) is 4.76. The van der Waals surface area contributed by atoms with Crippen molar-refractivity contribution in [3.05, 3.63) is 65.7 Å². The van der Waals surface area contributed by atoms with E-state index in [2.05, 4.69) is 28.3 Å². The molecule has 7 heteroatoms. The smallest absolute Gasteiger partial charge is 0.490 e. The third-order valence-electron chi connectivity index (χ3n) is 6.51. The molecule has 1 aliphatic carbocycles. The van der Waals surface area contributed by atoms with Crippen molar-refractivity contribution in [2.24, 2.45) is 0 Å². The van der Waals surface area contributed by atoms with Crippen molar-refractivity contribution in [3.63, 3.8) is 0 Å². The lowest BCUT2D eigenvalue weighted by Gasteiger charge is -2.40. The van der Waals surface area contributed by atoms with E-state index in [1.165, 1.54) is 12.1 Å². The van der Waals surface area contributed by atoms with Gasteiger partial charge in [-0.2, -0.15) is 0 Å². The Morgan fingerprint density at radius 3 is 2.56 bits per heavy atom. The number of alkyl halides is 3. The summed E-state index contributed by atoms with van der Waals surface area (Å²) >= 11 is 0. The van der Waals surface area contributed by atoms with Crippen molar-refractivity contribution in [1.29, 1.82) is 0 Å². The summed E-state index contributed by atoms with van der Waals surface area (Å²) in [7, 11) is 0. The monoisotopic (exact) mass is 445 g/mol. The van der Waals surface area contributed by atoms with Crippen LogP contribution in [0.15, 0.2) is 54.6 Å². The quantitative estimate of drug-likeness (QED) is 0.632. The molecule has 0 amide bonds. The largest absolute Gasteiger partial charge is 0.573 e. The average Bonchev–Trinajstić information content (AvgIpc) is 3.15. The highest BCUT2D eigenvalue weighted by molar-refractivity contribution is 5.75. The molecule has 1 unspecified atom stereocenters. The maximum absolute atomic E-state index is 12.8. The molecule has 1 saturated carbocycles. The summed E-state index contributed by atoms with van der Waals surface area (Å²) in [6, 6.07) is 14.4. The van der Waals surface area contributed by atoms with Crippen LogP contribution in [0.5, 0.6) is 11.5 Å². The zero-order valence-corrected chi connectivity index (χ0v) is 17.7. The number of rotatable bonds is 5. The molecule has 2 aliphatic heterocycles. The van der Waals surface area contributed by atoms with E-state index in [1.807, 2.05) is 18.2 Å². The van der Waals surface area contributed by atoms with Crippen LogP contribution in [0.3, 0.4) is 0 Å². The minimum atomic E-state index is -4.75. The first-order valence-electron chi connectivity index (χ1n) is 11.1. The van der Waals surface area contributed by atoms with Crippen molar-refractivity contribution >= 4 is 5.57 Å². The number of piperidine rings is 1. The van der Waals surface area contributed by atoms with Crippen LogP contribution in [0.1, 0.15) is 49.3 Å². The zero-order chi connectivity index (χ0) is 22.2. The molecule has 0 radical (unpaired) electrons. The van der Waals surface area contributed by atoms with Crippen LogP contribution in [-0.2, 0) is 4.74 Å². The van der Waals surface area contributed by atoms with Gasteiger partial charge in [-0.25, -0.2) is 0 Å². The maximum atomic E-state index is 12.8. The highest BCUT2D eigenvalue weighted by Crippen LogP contribution is 2.46. The van der Waals surface area contributed by atoms with Gasteiger partial charge in [-0.05, 0) is 74.1 Å². The summed E-state index contributed by atoms with van der Waals surface area (Å²) in [5, 5.41) is 3.57. The fraction of sp³-hybridized carbons (Fsp3) is 0.440. The second kappa shape index (κ2) is 8.45. The Bertz CT molecular complexity index is 988. The van der Waals surface area contributed by atoms with E-state index in [4.69, 9.17) is 9.47 Å². The summed E-state index contributed by atoms with van der Waals surface area (Å²) in [6.45, 7) is 1.19. The summed E-state index contributed by atoms with van der Waals surface area (Å²) in [5.41, 5.74) is 2.01. The molecule has 3 aliphatic rings. The Labute approximate surface area is 185 Å². The highest BCUT2D eigenvalue weighted by Gasteiger charge is 2.45. The van der Waals surface area contributed by atoms with E-state index >= 15 is 0 Å². The van der Waals surface area contributed by atoms with Crippen LogP contribution in [-0.4, -0.2) is 31.2 Å². The van der Waals surface area contributed by atoms with Crippen molar-refractivity contribution in [3.8, 4) is 11.5 Å². The molecule has 2 aromatic carbocycles. The zero-order valence-electron chi connectivity index (χ0n) is 17.7. The van der Waals surface area contributed by atoms with E-state index in [1.54, 1.807) is 6.07 Å². The van der Waals surface area contributed by atoms with Crippen molar-refractivity contribution in [1.82, 2.24) is 5.32 Å². The van der Waals surface area contributed by atoms with Gasteiger partial charge in [0.25, 0.3) is 0 Å². The van der Waals surface area contributed by atoms with Crippen molar-refractivity contribution in [2.45, 2.75) is 56.2 Å². The van der Waals surface area contributed by atoms with Gasteiger partial charge in [0, 0.05) is 5.56 Å². The second-order valence-corrected chi connectivity index (χ2v) is 8.69. The minimum Gasteiger partial charge on any atom is -0.490 e. The highest BCUT2D eigenvalue weighted by atomic mass is 19.4. The third kappa shape index (κ3) is 4.36. The van der Waals surface area contributed by atoms with Crippen LogP contribution in [0.2, 0.25) is 0 Å². The summed E-state index contributed by atoms with van der Waals surface area (Å²) in [5.74, 6) is 0.327. The Morgan fingerprint density at radius 2 is 1.84 bits per heavy atom. The average molecular weight is 445 g/mol.